The van der Waals surface area contributed by atoms with Crippen LogP contribution in [0.1, 0.15) is 96.8 Å². The fourth-order valence-electron chi connectivity index (χ4n) is 3.34. The van der Waals surface area contributed by atoms with E-state index in [2.05, 4.69) is 42.1 Å². The van der Waals surface area contributed by atoms with Crippen LogP contribution in [0, 0.1) is 0 Å². The molecule has 32 heavy (non-hydrogen) atoms. The third-order valence-corrected chi connectivity index (χ3v) is 5.35. The van der Waals surface area contributed by atoms with Gasteiger partial charge in [0.15, 0.2) is 24.6 Å². The summed E-state index contributed by atoms with van der Waals surface area (Å²) in [6, 6.07) is 6.31. The number of aliphatic hydroxyl groups is 2. The van der Waals surface area contributed by atoms with Crippen LogP contribution < -0.4 is 4.57 Å². The van der Waals surface area contributed by atoms with Gasteiger partial charge in [0.05, 0.1) is 0 Å². The largest absolute Gasteiger partial charge is 0.479 e. The molecular weight excluding hydrogens is 410 g/mol. The van der Waals surface area contributed by atoms with Crippen molar-refractivity contribution in [2.24, 2.45) is 0 Å². The second-order valence-corrected chi connectivity index (χ2v) is 8.28. The Morgan fingerprint density at radius 2 is 0.969 bits per heavy atom. The molecule has 0 amide bonds. The molecule has 0 bridgehead atoms. The maximum absolute atomic E-state index is 9.77. The molecule has 2 unspecified atom stereocenters. The molecule has 4 N–H and O–H groups in total. The Labute approximate surface area is 193 Å². The zero-order valence-electron chi connectivity index (χ0n) is 19.7. The highest BCUT2D eigenvalue weighted by atomic mass is 16.4. The molecule has 2 atom stereocenters. The van der Waals surface area contributed by atoms with Gasteiger partial charge in [-0.05, 0) is 6.42 Å². The Hall–Kier alpha value is -1.99. The molecule has 0 fully saturated rings. The number of aliphatic hydroxyl groups excluding tert-OH is 2. The summed E-state index contributed by atoms with van der Waals surface area (Å²) in [5, 5.41) is 32.5. The van der Waals surface area contributed by atoms with Gasteiger partial charge in [0.2, 0.25) is 0 Å². The number of carbonyl (C=O) groups is 2. The molecule has 0 saturated carbocycles. The Kier molecular flexibility index (Phi) is 19.6. The number of aromatic nitrogens is 1. The first-order valence-corrected chi connectivity index (χ1v) is 12.2. The minimum absolute atomic E-state index is 1.18. The highest BCUT2D eigenvalue weighted by Crippen LogP contribution is 2.12. The maximum atomic E-state index is 9.77. The van der Waals surface area contributed by atoms with Gasteiger partial charge in [-0.2, -0.15) is 0 Å². The van der Waals surface area contributed by atoms with Crippen molar-refractivity contribution in [2.75, 3.05) is 0 Å². The van der Waals surface area contributed by atoms with Crippen molar-refractivity contribution >= 4 is 11.9 Å². The summed E-state index contributed by atoms with van der Waals surface area (Å²) in [4.78, 5) is 19.5. The second kappa shape index (κ2) is 20.9. The molecule has 0 aliphatic rings. The molecule has 0 aliphatic heterocycles. The summed E-state index contributed by atoms with van der Waals surface area (Å²) in [5.74, 6) is -3.54. The van der Waals surface area contributed by atoms with Crippen molar-refractivity contribution < 1.29 is 34.6 Å². The first-order chi connectivity index (χ1) is 15.4. The minimum atomic E-state index is -2.27. The summed E-state index contributed by atoms with van der Waals surface area (Å²) >= 11 is 0. The highest BCUT2D eigenvalue weighted by molar-refractivity contribution is 5.83. The van der Waals surface area contributed by atoms with Gasteiger partial charge in [0.25, 0.3) is 0 Å². The molecule has 7 nitrogen and oxygen atoms in total. The van der Waals surface area contributed by atoms with E-state index in [0.717, 1.165) is 0 Å². The number of carboxylic acids is 2. The minimum Gasteiger partial charge on any atom is -0.479 e. The molecule has 184 valence electrons. The molecule has 1 aromatic heterocycles. The molecule has 0 aromatic carbocycles. The first-order valence-electron chi connectivity index (χ1n) is 12.2. The molecule has 1 aromatic rings. The van der Waals surface area contributed by atoms with Crippen LogP contribution in [-0.2, 0) is 16.1 Å². The van der Waals surface area contributed by atoms with E-state index in [1.54, 1.807) is 0 Å². The molecule has 0 radical (unpaired) electrons. The van der Waals surface area contributed by atoms with Crippen LogP contribution in [0.3, 0.4) is 0 Å². The summed E-state index contributed by atoms with van der Waals surface area (Å²) in [6.45, 7) is 3.47. The molecule has 0 aliphatic carbocycles. The second-order valence-electron chi connectivity index (χ2n) is 8.28. The standard InChI is InChI=1S/C21H38N.C4H6O6/c1-2-3-4-5-6-7-8-9-10-11-12-13-14-16-19-22-20-17-15-18-21-22;5-1(3(7)8)2(6)4(9)10/h15,17-18,20-21H,2-14,16,19H2,1H3;1-2,5-6H,(H,7,8)(H,9,10)/q+1;. The van der Waals surface area contributed by atoms with Gasteiger partial charge in [0.1, 0.15) is 6.54 Å². The van der Waals surface area contributed by atoms with Crippen LogP contribution in [0.15, 0.2) is 30.6 Å². The topological polar surface area (TPSA) is 119 Å². The lowest BCUT2D eigenvalue weighted by atomic mass is 10.0. The van der Waals surface area contributed by atoms with E-state index in [1.807, 2.05) is 0 Å². The monoisotopic (exact) mass is 454 g/mol. The van der Waals surface area contributed by atoms with E-state index in [1.165, 1.54) is 96.4 Å². The summed E-state index contributed by atoms with van der Waals surface area (Å²) < 4.78 is 2.29. The smallest absolute Gasteiger partial charge is 0.335 e. The lowest BCUT2D eigenvalue weighted by Gasteiger charge is -2.07. The van der Waals surface area contributed by atoms with E-state index in [4.69, 9.17) is 20.4 Å². The van der Waals surface area contributed by atoms with Crippen LogP contribution in [0.25, 0.3) is 0 Å². The number of aliphatic carboxylic acids is 2. The van der Waals surface area contributed by atoms with Gasteiger partial charge in [-0.15, -0.1) is 0 Å². The van der Waals surface area contributed by atoms with Gasteiger partial charge in [-0.1, -0.05) is 90.0 Å². The summed E-state index contributed by atoms with van der Waals surface area (Å²) in [7, 11) is 0. The van der Waals surface area contributed by atoms with Crippen molar-refractivity contribution in [3.8, 4) is 0 Å². The fraction of sp³-hybridized carbons (Fsp3) is 0.720. The van der Waals surface area contributed by atoms with Gasteiger partial charge < -0.3 is 20.4 Å². The van der Waals surface area contributed by atoms with Crippen LogP contribution in [0.4, 0.5) is 0 Å². The van der Waals surface area contributed by atoms with Crippen molar-refractivity contribution in [1.29, 1.82) is 0 Å². The van der Waals surface area contributed by atoms with Crippen molar-refractivity contribution in [3.63, 3.8) is 0 Å². The average molecular weight is 455 g/mol. The van der Waals surface area contributed by atoms with Crippen molar-refractivity contribution in [2.45, 2.75) is 116 Å². The number of rotatable bonds is 18. The van der Waals surface area contributed by atoms with Crippen molar-refractivity contribution in [1.82, 2.24) is 0 Å². The predicted octanol–water partition coefficient (Wildman–Crippen LogP) is 4.33. The summed E-state index contributed by atoms with van der Waals surface area (Å²) in [5.41, 5.74) is 0. The Bertz CT molecular complexity index is 563. The van der Waals surface area contributed by atoms with E-state index in [-0.39, 0.29) is 0 Å². The average Bonchev–Trinajstić information content (AvgIpc) is 2.79. The zero-order chi connectivity index (χ0) is 24.0. The lowest BCUT2D eigenvalue weighted by molar-refractivity contribution is -0.697. The summed E-state index contributed by atoms with van der Waals surface area (Å²) in [6.07, 6.45) is 19.9. The maximum Gasteiger partial charge on any atom is 0.335 e. The van der Waals surface area contributed by atoms with Crippen LogP contribution in [-0.4, -0.2) is 44.6 Å². The Morgan fingerprint density at radius 3 is 1.31 bits per heavy atom. The number of hydrogen-bond donors (Lipinski definition) is 4. The molecule has 1 rings (SSSR count). The number of hydrogen-bond acceptors (Lipinski definition) is 4. The first kappa shape index (κ1) is 30.0. The normalized spacial score (nSPS) is 12.5. The van der Waals surface area contributed by atoms with Gasteiger partial charge in [0, 0.05) is 18.6 Å². The van der Waals surface area contributed by atoms with E-state index in [0.29, 0.717) is 0 Å². The number of unbranched alkanes of at least 4 members (excludes halogenated alkanes) is 13. The van der Waals surface area contributed by atoms with Crippen LogP contribution in [0.5, 0.6) is 0 Å². The highest BCUT2D eigenvalue weighted by Gasteiger charge is 2.29. The van der Waals surface area contributed by atoms with Gasteiger partial charge in [-0.3, -0.25) is 0 Å². The van der Waals surface area contributed by atoms with Gasteiger partial charge >= 0.3 is 11.9 Å². The van der Waals surface area contributed by atoms with E-state index in [9.17, 15) is 9.59 Å². The molecule has 0 spiro atoms. The Morgan fingerprint density at radius 1 is 0.625 bits per heavy atom. The Balaban J connectivity index is 0.000000809. The SMILES string of the molecule is CCCCCCCCCCCCCCCC[n+]1ccccc1.O=C(O)C(O)C(O)C(=O)O. The van der Waals surface area contributed by atoms with Crippen molar-refractivity contribution in [3.05, 3.63) is 30.6 Å². The van der Waals surface area contributed by atoms with Crippen LogP contribution >= 0.6 is 0 Å². The molecule has 1 heterocycles. The third kappa shape index (κ3) is 17.7. The van der Waals surface area contributed by atoms with E-state index >= 15 is 0 Å². The number of aryl methyl sites for hydroxylation is 1. The molecule has 0 saturated heterocycles. The molecule has 7 heteroatoms. The number of nitrogens with zero attached hydrogens (tertiary/aromatic N) is 1. The lowest BCUT2D eigenvalue weighted by Crippen LogP contribution is -2.39. The zero-order valence-corrected chi connectivity index (χ0v) is 19.7. The molecular formula is C25H44NO6+. The number of carboxylic acid groups (broad SMARTS) is 2. The van der Waals surface area contributed by atoms with Gasteiger partial charge in [-0.25, -0.2) is 14.2 Å². The fourth-order valence-corrected chi connectivity index (χ4v) is 3.34. The number of pyridine rings is 1. The third-order valence-electron chi connectivity index (χ3n) is 5.35. The van der Waals surface area contributed by atoms with Crippen LogP contribution in [0.2, 0.25) is 0 Å². The predicted molar refractivity (Wildman–Crippen MR) is 124 cm³/mol. The quantitative estimate of drug-likeness (QED) is 0.194. The van der Waals surface area contributed by atoms with E-state index < -0.39 is 24.1 Å².